The van der Waals surface area contributed by atoms with Crippen molar-refractivity contribution in [2.75, 3.05) is 0 Å². The second kappa shape index (κ2) is 18.9. The maximum Gasteiger partial charge on any atom is 0.0867 e. The topological polar surface area (TPSA) is 12.0 Å². The number of nitrogens with one attached hydrogen (secondary N) is 1. The Hall–Kier alpha value is -1.52. The van der Waals surface area contributed by atoms with Gasteiger partial charge in [-0.2, -0.15) is 0 Å². The molecule has 1 aliphatic carbocycles. The molecule has 3 aromatic rings. The smallest absolute Gasteiger partial charge is 0.0867 e. The molecule has 0 heterocycles. The van der Waals surface area contributed by atoms with Crippen molar-refractivity contribution in [2.24, 2.45) is 0 Å². The molecule has 0 radical (unpaired) electrons. The lowest BCUT2D eigenvalue weighted by atomic mass is 9.82. The van der Waals surface area contributed by atoms with Crippen LogP contribution >= 0.6 is 8.07 Å². The number of hydrogen-bond acceptors (Lipinski definition) is 1. The molecule has 0 spiro atoms. The molecule has 46 heavy (non-hydrogen) atoms. The molecule has 0 saturated heterocycles. The molecule has 1 aliphatic rings. The van der Waals surface area contributed by atoms with Gasteiger partial charge in [0.15, 0.2) is 0 Å². The first-order chi connectivity index (χ1) is 22.5. The number of benzene rings is 3. The molecule has 0 amide bonds. The highest BCUT2D eigenvalue weighted by molar-refractivity contribution is 7.71. The van der Waals surface area contributed by atoms with Gasteiger partial charge in [-0.1, -0.05) is 206 Å². The first-order valence-electron chi connectivity index (χ1n) is 19.3. The van der Waals surface area contributed by atoms with Crippen LogP contribution in [0.5, 0.6) is 0 Å². The Morgan fingerprint density at radius 2 is 0.935 bits per heavy atom. The van der Waals surface area contributed by atoms with E-state index in [1.54, 1.807) is 21.0 Å². The number of rotatable bonds is 19. The molecule has 0 bridgehead atoms. The largest absolute Gasteiger partial charge is 0.285 e. The van der Waals surface area contributed by atoms with Gasteiger partial charge >= 0.3 is 0 Å². The Morgan fingerprint density at radius 3 is 1.33 bits per heavy atom. The van der Waals surface area contributed by atoms with E-state index in [0.29, 0.717) is 12.0 Å². The molecule has 1 nitrogen and oxygen atoms in total. The predicted octanol–water partition coefficient (Wildman–Crippen LogP) is 11.1. The molecule has 0 atom stereocenters. The summed E-state index contributed by atoms with van der Waals surface area (Å²) < 4.78 is 0. The summed E-state index contributed by atoms with van der Waals surface area (Å²) in [4.78, 5) is 0. The van der Waals surface area contributed by atoms with Gasteiger partial charge in [-0.25, -0.2) is 0 Å². The van der Waals surface area contributed by atoms with Gasteiger partial charge in [0.25, 0.3) is 0 Å². The van der Waals surface area contributed by atoms with E-state index in [9.17, 15) is 0 Å². The van der Waals surface area contributed by atoms with Gasteiger partial charge in [-0.15, -0.1) is 0 Å². The summed E-state index contributed by atoms with van der Waals surface area (Å²) in [6.07, 6.45) is 13.0. The molecule has 0 aromatic heterocycles. The third-order valence-electron chi connectivity index (χ3n) is 11.1. The fourth-order valence-corrected chi connectivity index (χ4v) is 22.5. The van der Waals surface area contributed by atoms with Gasteiger partial charge in [0.2, 0.25) is 0 Å². The minimum atomic E-state index is -1.53. The summed E-state index contributed by atoms with van der Waals surface area (Å²) in [7, 11) is -3.69. The molecular weight excluding hydrogens is 606 g/mol. The quantitative estimate of drug-likeness (QED) is 0.0988. The lowest BCUT2D eigenvalue weighted by molar-refractivity contribution is 0.380. The van der Waals surface area contributed by atoms with E-state index in [0.717, 1.165) is 0 Å². The highest BCUT2D eigenvalue weighted by Gasteiger charge is 2.35. The van der Waals surface area contributed by atoms with Crippen molar-refractivity contribution in [3.63, 3.8) is 0 Å². The van der Waals surface area contributed by atoms with Crippen molar-refractivity contribution >= 4 is 45.2 Å². The summed E-state index contributed by atoms with van der Waals surface area (Å²) in [6.45, 7) is 14.5. The standard InChI is InChI=1S/C42H66NPSi2/c1-7-28-45(29-8-2,30-9-3)41-22-16-20-39(34-41)44(43-38-26-24-37(25-27-38)36-18-14-13-15-19-36)40-21-17-23-42(35-40)46(31-10-4,32-11-5)33-12-6/h13-23,34-35,37-38,43H,7-12,24-33H2,1-6H3. The van der Waals surface area contributed by atoms with E-state index in [1.807, 2.05) is 0 Å². The van der Waals surface area contributed by atoms with Crippen LogP contribution in [0.1, 0.15) is 117 Å². The van der Waals surface area contributed by atoms with Crippen LogP contribution in [-0.2, 0) is 0 Å². The molecule has 1 saturated carbocycles. The monoisotopic (exact) mass is 671 g/mol. The Morgan fingerprint density at radius 1 is 0.522 bits per heavy atom. The van der Waals surface area contributed by atoms with E-state index < -0.39 is 24.2 Å². The van der Waals surface area contributed by atoms with Crippen LogP contribution in [0.2, 0.25) is 36.3 Å². The van der Waals surface area contributed by atoms with Crippen molar-refractivity contribution in [1.29, 1.82) is 0 Å². The normalized spacial score (nSPS) is 17.5. The van der Waals surface area contributed by atoms with Crippen molar-refractivity contribution in [1.82, 2.24) is 5.09 Å². The fourth-order valence-electron chi connectivity index (χ4n) is 9.20. The van der Waals surface area contributed by atoms with Crippen molar-refractivity contribution in [3.05, 3.63) is 84.4 Å². The van der Waals surface area contributed by atoms with Crippen LogP contribution in [0.15, 0.2) is 78.9 Å². The molecule has 4 rings (SSSR count). The SMILES string of the molecule is CCC[Si](CCC)(CCC)c1cccc(P(NC2CCC(c3ccccc3)CC2)c2cccc([Si](CCC)(CCC)CCC)c2)c1. The zero-order valence-corrected chi connectivity index (χ0v) is 33.3. The minimum absolute atomic E-state index is 0.589. The third-order valence-corrected chi connectivity index (χ3v) is 25.1. The average molecular weight is 672 g/mol. The summed E-state index contributed by atoms with van der Waals surface area (Å²) in [5.74, 6) is 0.713. The average Bonchev–Trinajstić information content (AvgIpc) is 3.08. The first kappa shape index (κ1) is 37.3. The number of hydrogen-bond donors (Lipinski definition) is 1. The lowest BCUT2D eigenvalue weighted by Gasteiger charge is -2.36. The zero-order valence-electron chi connectivity index (χ0n) is 30.4. The van der Waals surface area contributed by atoms with Crippen LogP contribution in [0, 0.1) is 0 Å². The van der Waals surface area contributed by atoms with Crippen LogP contribution in [0.4, 0.5) is 0 Å². The van der Waals surface area contributed by atoms with Crippen LogP contribution in [0.25, 0.3) is 0 Å². The Bertz CT molecular complexity index is 1180. The summed E-state index contributed by atoms with van der Waals surface area (Å²) in [5, 5.41) is 11.0. The van der Waals surface area contributed by atoms with Gasteiger partial charge in [-0.3, -0.25) is 5.09 Å². The molecule has 4 heteroatoms. The maximum absolute atomic E-state index is 4.41. The zero-order chi connectivity index (χ0) is 32.8. The van der Waals surface area contributed by atoms with Gasteiger partial charge in [0.1, 0.15) is 0 Å². The van der Waals surface area contributed by atoms with E-state index in [-0.39, 0.29) is 0 Å². The van der Waals surface area contributed by atoms with E-state index in [2.05, 4.69) is 125 Å². The second-order valence-corrected chi connectivity index (χ2v) is 25.8. The highest BCUT2D eigenvalue weighted by Crippen LogP contribution is 2.38. The summed E-state index contributed by atoms with van der Waals surface area (Å²) in [6, 6.07) is 40.8. The second-order valence-electron chi connectivity index (χ2n) is 14.6. The van der Waals surface area contributed by atoms with Gasteiger partial charge < -0.3 is 0 Å². The molecular formula is C42H66NPSi2. The lowest BCUT2D eigenvalue weighted by Crippen LogP contribution is -2.49. The van der Waals surface area contributed by atoms with E-state index in [1.165, 1.54) is 106 Å². The fraction of sp³-hybridized carbons (Fsp3) is 0.571. The minimum Gasteiger partial charge on any atom is -0.285 e. The molecule has 252 valence electrons. The Labute approximate surface area is 287 Å². The third kappa shape index (κ3) is 9.34. The predicted molar refractivity (Wildman–Crippen MR) is 215 cm³/mol. The van der Waals surface area contributed by atoms with Crippen LogP contribution in [0.3, 0.4) is 0 Å². The summed E-state index contributed by atoms with van der Waals surface area (Å²) in [5.41, 5.74) is 1.54. The summed E-state index contributed by atoms with van der Waals surface area (Å²) >= 11 is 0. The molecule has 3 aromatic carbocycles. The molecule has 0 aliphatic heterocycles. The molecule has 1 fully saturated rings. The van der Waals surface area contributed by atoms with E-state index in [4.69, 9.17) is 0 Å². The Kier molecular flexibility index (Phi) is 15.3. The van der Waals surface area contributed by atoms with Crippen molar-refractivity contribution < 1.29 is 0 Å². The van der Waals surface area contributed by atoms with E-state index >= 15 is 0 Å². The van der Waals surface area contributed by atoms with Gasteiger partial charge in [-0.05, 0) is 47.8 Å². The van der Waals surface area contributed by atoms with Gasteiger partial charge in [0, 0.05) is 14.1 Å². The molecule has 0 unspecified atom stereocenters. The van der Waals surface area contributed by atoms with Gasteiger partial charge in [0.05, 0.1) is 16.1 Å². The van der Waals surface area contributed by atoms with Crippen LogP contribution in [-0.4, -0.2) is 22.2 Å². The Balaban J connectivity index is 1.74. The van der Waals surface area contributed by atoms with Crippen molar-refractivity contribution in [3.8, 4) is 0 Å². The first-order valence-corrected chi connectivity index (χ1v) is 25.9. The molecule has 1 N–H and O–H groups in total. The maximum atomic E-state index is 4.41. The van der Waals surface area contributed by atoms with Crippen molar-refractivity contribution in [2.45, 2.75) is 154 Å². The highest BCUT2D eigenvalue weighted by atomic mass is 31.1. The van der Waals surface area contributed by atoms with Crippen LogP contribution < -0.4 is 26.1 Å².